The molecule has 0 spiro atoms. The van der Waals surface area contributed by atoms with Crippen molar-refractivity contribution >= 4 is 17.3 Å². The highest BCUT2D eigenvalue weighted by Gasteiger charge is 2.12. The molecular weight excluding hydrogens is 270 g/mol. The lowest BCUT2D eigenvalue weighted by Gasteiger charge is -2.19. The van der Waals surface area contributed by atoms with Gasteiger partial charge in [-0.2, -0.15) is 0 Å². The second-order valence-corrected chi connectivity index (χ2v) is 5.41. The fourth-order valence-corrected chi connectivity index (χ4v) is 2.37. The van der Waals surface area contributed by atoms with Crippen LogP contribution < -0.4 is 16.2 Å². The summed E-state index contributed by atoms with van der Waals surface area (Å²) >= 11 is 6.20. The van der Waals surface area contributed by atoms with Crippen molar-refractivity contribution in [3.05, 3.63) is 64.7 Å². The van der Waals surface area contributed by atoms with Crippen LogP contribution in [-0.4, -0.2) is 14.1 Å². The van der Waals surface area contributed by atoms with Gasteiger partial charge in [-0.05, 0) is 35.7 Å². The first-order valence-electron chi connectivity index (χ1n) is 6.58. The minimum absolute atomic E-state index is 0.0473. The molecule has 0 radical (unpaired) electrons. The van der Waals surface area contributed by atoms with Gasteiger partial charge in [0.05, 0.1) is 6.04 Å². The molecule has 2 aromatic carbocycles. The molecule has 0 aromatic heterocycles. The van der Waals surface area contributed by atoms with Crippen LogP contribution in [0.15, 0.2) is 48.5 Å². The van der Waals surface area contributed by atoms with Gasteiger partial charge in [0.25, 0.3) is 0 Å². The van der Waals surface area contributed by atoms with Gasteiger partial charge in [0.1, 0.15) is 0 Å². The van der Waals surface area contributed by atoms with E-state index in [1.807, 2.05) is 38.4 Å². The summed E-state index contributed by atoms with van der Waals surface area (Å²) in [6, 6.07) is 16.3. The number of nitrogens with one attached hydrogen (secondary N) is 1. The topological polar surface area (TPSA) is 41.3 Å². The van der Waals surface area contributed by atoms with Crippen LogP contribution in [-0.2, 0) is 6.42 Å². The molecule has 0 heterocycles. The van der Waals surface area contributed by atoms with E-state index < -0.39 is 0 Å². The summed E-state index contributed by atoms with van der Waals surface area (Å²) in [6.45, 7) is 0. The molecule has 1 unspecified atom stereocenters. The average Bonchev–Trinajstić information content (AvgIpc) is 2.46. The smallest absolute Gasteiger partial charge is 0.0500 e. The molecule has 2 aromatic rings. The molecule has 0 amide bonds. The summed E-state index contributed by atoms with van der Waals surface area (Å²) < 4.78 is 0. The van der Waals surface area contributed by atoms with Crippen LogP contribution in [0.1, 0.15) is 17.2 Å². The highest BCUT2D eigenvalue weighted by molar-refractivity contribution is 6.31. The van der Waals surface area contributed by atoms with Crippen molar-refractivity contribution in [3.63, 3.8) is 0 Å². The fraction of sp³-hybridized carbons (Fsp3) is 0.250. The number of halogens is 1. The SMILES string of the molecule is CN(C)c1ccc(C(Cc2ccccc2Cl)NN)cc1. The van der Waals surface area contributed by atoms with E-state index in [1.165, 1.54) is 5.69 Å². The Bertz CT molecular complexity index is 552. The Hall–Kier alpha value is -1.55. The Morgan fingerprint density at radius 2 is 1.75 bits per heavy atom. The maximum atomic E-state index is 6.20. The molecule has 0 fully saturated rings. The van der Waals surface area contributed by atoms with Crippen LogP contribution in [0.3, 0.4) is 0 Å². The highest BCUT2D eigenvalue weighted by atomic mass is 35.5. The predicted molar refractivity (Wildman–Crippen MR) is 86.0 cm³/mol. The Labute approximate surface area is 125 Å². The molecule has 20 heavy (non-hydrogen) atoms. The van der Waals surface area contributed by atoms with Crippen LogP contribution in [0.5, 0.6) is 0 Å². The van der Waals surface area contributed by atoms with Crippen molar-refractivity contribution in [2.24, 2.45) is 5.84 Å². The minimum Gasteiger partial charge on any atom is -0.378 e. The number of rotatable bonds is 5. The van der Waals surface area contributed by atoms with Gasteiger partial charge in [-0.15, -0.1) is 0 Å². The Kier molecular flexibility index (Phi) is 5.01. The first kappa shape index (κ1) is 14.9. The molecule has 0 saturated carbocycles. The van der Waals surface area contributed by atoms with Crippen molar-refractivity contribution in [1.29, 1.82) is 0 Å². The molecule has 1 atom stereocenters. The molecule has 3 N–H and O–H groups in total. The maximum absolute atomic E-state index is 6.20. The summed E-state index contributed by atoms with van der Waals surface area (Å²) in [6.07, 6.45) is 0.761. The number of benzene rings is 2. The zero-order chi connectivity index (χ0) is 14.5. The minimum atomic E-state index is 0.0473. The third kappa shape index (κ3) is 3.51. The quantitative estimate of drug-likeness (QED) is 0.656. The van der Waals surface area contributed by atoms with Crippen molar-refractivity contribution in [3.8, 4) is 0 Å². The fourth-order valence-electron chi connectivity index (χ4n) is 2.16. The lowest BCUT2D eigenvalue weighted by Crippen LogP contribution is -2.29. The van der Waals surface area contributed by atoms with Gasteiger partial charge in [0.15, 0.2) is 0 Å². The van der Waals surface area contributed by atoms with E-state index in [-0.39, 0.29) is 6.04 Å². The van der Waals surface area contributed by atoms with Gasteiger partial charge < -0.3 is 4.90 Å². The van der Waals surface area contributed by atoms with Crippen LogP contribution in [0.2, 0.25) is 5.02 Å². The van der Waals surface area contributed by atoms with Crippen molar-refractivity contribution in [2.45, 2.75) is 12.5 Å². The van der Waals surface area contributed by atoms with Crippen LogP contribution in [0.4, 0.5) is 5.69 Å². The number of hydrogen-bond acceptors (Lipinski definition) is 3. The number of hydrogen-bond donors (Lipinski definition) is 2. The summed E-state index contributed by atoms with van der Waals surface area (Å²) in [7, 11) is 4.05. The number of nitrogens with two attached hydrogens (primary N) is 1. The third-order valence-corrected chi connectivity index (χ3v) is 3.76. The van der Waals surface area contributed by atoms with Crippen molar-refractivity contribution in [1.82, 2.24) is 5.43 Å². The summed E-state index contributed by atoms with van der Waals surface area (Å²) in [5.41, 5.74) is 6.28. The zero-order valence-corrected chi connectivity index (χ0v) is 12.6. The number of nitrogens with zero attached hydrogens (tertiary/aromatic N) is 1. The molecule has 2 rings (SSSR count). The monoisotopic (exact) mass is 289 g/mol. The molecular formula is C16H20ClN3. The van der Waals surface area contributed by atoms with Gasteiger partial charge >= 0.3 is 0 Å². The van der Waals surface area contributed by atoms with Crippen molar-refractivity contribution in [2.75, 3.05) is 19.0 Å². The largest absolute Gasteiger partial charge is 0.378 e. The highest BCUT2D eigenvalue weighted by Crippen LogP contribution is 2.24. The van der Waals surface area contributed by atoms with Gasteiger partial charge in [-0.1, -0.05) is 41.9 Å². The molecule has 0 saturated heterocycles. The second-order valence-electron chi connectivity index (χ2n) is 5.00. The first-order valence-corrected chi connectivity index (χ1v) is 6.96. The standard InChI is InChI=1S/C16H20ClN3/c1-20(2)14-9-7-12(8-10-14)16(19-18)11-13-5-3-4-6-15(13)17/h3-10,16,19H,11,18H2,1-2H3. The molecule has 0 aliphatic rings. The lowest BCUT2D eigenvalue weighted by molar-refractivity contribution is 0.552. The number of hydrazine groups is 1. The third-order valence-electron chi connectivity index (χ3n) is 3.39. The summed E-state index contributed by atoms with van der Waals surface area (Å²) in [5, 5.41) is 0.776. The Balaban J connectivity index is 2.18. The van der Waals surface area contributed by atoms with Crippen LogP contribution >= 0.6 is 11.6 Å². The maximum Gasteiger partial charge on any atom is 0.0500 e. The van der Waals surface area contributed by atoms with Crippen molar-refractivity contribution < 1.29 is 0 Å². The second kappa shape index (κ2) is 6.75. The summed E-state index contributed by atoms with van der Waals surface area (Å²) in [5.74, 6) is 5.70. The molecule has 0 aliphatic carbocycles. The molecule has 106 valence electrons. The van der Waals surface area contributed by atoms with Gasteiger partial charge in [-0.25, -0.2) is 0 Å². The zero-order valence-electron chi connectivity index (χ0n) is 11.8. The molecule has 0 bridgehead atoms. The predicted octanol–water partition coefficient (Wildman–Crippen LogP) is 3.15. The Morgan fingerprint density at radius 1 is 1.10 bits per heavy atom. The Morgan fingerprint density at radius 3 is 2.30 bits per heavy atom. The van der Waals surface area contributed by atoms with Gasteiger partial charge in [0.2, 0.25) is 0 Å². The van der Waals surface area contributed by atoms with E-state index in [0.29, 0.717) is 0 Å². The summed E-state index contributed by atoms with van der Waals surface area (Å²) in [4.78, 5) is 2.07. The average molecular weight is 290 g/mol. The van der Waals surface area contributed by atoms with Crippen LogP contribution in [0.25, 0.3) is 0 Å². The first-order chi connectivity index (χ1) is 9.61. The van der Waals surface area contributed by atoms with E-state index in [1.54, 1.807) is 0 Å². The normalized spacial score (nSPS) is 12.2. The van der Waals surface area contributed by atoms with Gasteiger partial charge in [-0.3, -0.25) is 11.3 Å². The molecule has 4 heteroatoms. The molecule has 3 nitrogen and oxygen atoms in total. The van der Waals surface area contributed by atoms with E-state index in [9.17, 15) is 0 Å². The van der Waals surface area contributed by atoms with E-state index in [4.69, 9.17) is 17.4 Å². The van der Waals surface area contributed by atoms with E-state index in [2.05, 4.69) is 34.6 Å². The van der Waals surface area contributed by atoms with Crippen LogP contribution in [0, 0.1) is 0 Å². The molecule has 0 aliphatic heterocycles. The van der Waals surface area contributed by atoms with E-state index >= 15 is 0 Å². The number of anilines is 1. The van der Waals surface area contributed by atoms with E-state index in [0.717, 1.165) is 22.6 Å². The van der Waals surface area contributed by atoms with Gasteiger partial charge in [0, 0.05) is 24.8 Å². The lowest BCUT2D eigenvalue weighted by atomic mass is 9.99.